The van der Waals surface area contributed by atoms with E-state index in [1.165, 1.54) is 12.1 Å². The highest BCUT2D eigenvalue weighted by Crippen LogP contribution is 2.23. The second-order valence-electron chi connectivity index (χ2n) is 4.26. The van der Waals surface area contributed by atoms with Crippen molar-refractivity contribution in [2.45, 2.75) is 6.54 Å². The SMILES string of the molecule is Cn1ccc(CNc2nc3ccc([N+](=O)[O-])cc3o2)n1. The van der Waals surface area contributed by atoms with Gasteiger partial charge in [0.25, 0.3) is 11.7 Å². The van der Waals surface area contributed by atoms with E-state index in [4.69, 9.17) is 4.42 Å². The molecule has 0 aliphatic heterocycles. The Hall–Kier alpha value is -2.90. The normalized spacial score (nSPS) is 10.8. The molecule has 8 heteroatoms. The zero-order valence-corrected chi connectivity index (χ0v) is 10.6. The lowest BCUT2D eigenvalue weighted by Crippen LogP contribution is -2.01. The molecule has 1 N–H and O–H groups in total. The number of nitrogens with one attached hydrogen (secondary N) is 1. The Bertz CT molecular complexity index is 776. The van der Waals surface area contributed by atoms with Crippen LogP contribution in [0.5, 0.6) is 0 Å². The first-order valence-electron chi connectivity index (χ1n) is 5.89. The fraction of sp³-hybridized carbons (Fsp3) is 0.167. The molecule has 0 aliphatic carbocycles. The number of fused-ring (bicyclic) bond motifs is 1. The van der Waals surface area contributed by atoms with Gasteiger partial charge in [-0.3, -0.25) is 14.8 Å². The number of aromatic nitrogens is 3. The van der Waals surface area contributed by atoms with Crippen molar-refractivity contribution in [3.8, 4) is 0 Å². The van der Waals surface area contributed by atoms with E-state index in [1.807, 2.05) is 19.3 Å². The summed E-state index contributed by atoms with van der Waals surface area (Å²) in [7, 11) is 1.84. The van der Waals surface area contributed by atoms with Gasteiger partial charge in [-0.05, 0) is 12.1 Å². The molecule has 0 spiro atoms. The molecule has 0 atom stereocenters. The zero-order valence-electron chi connectivity index (χ0n) is 10.6. The van der Waals surface area contributed by atoms with Gasteiger partial charge in [0.1, 0.15) is 5.52 Å². The van der Waals surface area contributed by atoms with Crippen molar-refractivity contribution in [3.05, 3.63) is 46.3 Å². The Morgan fingerprint density at radius 2 is 2.30 bits per heavy atom. The number of rotatable bonds is 4. The Balaban J connectivity index is 1.80. The minimum atomic E-state index is -0.469. The second kappa shape index (κ2) is 4.65. The van der Waals surface area contributed by atoms with Crippen LogP contribution >= 0.6 is 0 Å². The van der Waals surface area contributed by atoms with E-state index in [0.29, 0.717) is 23.7 Å². The molecule has 2 heterocycles. The van der Waals surface area contributed by atoms with Crippen molar-refractivity contribution in [1.29, 1.82) is 0 Å². The summed E-state index contributed by atoms with van der Waals surface area (Å²) in [5.41, 5.74) is 1.77. The Morgan fingerprint density at radius 3 is 3.00 bits per heavy atom. The van der Waals surface area contributed by atoms with Gasteiger partial charge in [-0.1, -0.05) is 0 Å². The minimum Gasteiger partial charge on any atom is -0.423 e. The van der Waals surface area contributed by atoms with Crippen molar-refractivity contribution in [2.75, 3.05) is 5.32 Å². The maximum atomic E-state index is 10.7. The molecule has 3 aromatic rings. The summed E-state index contributed by atoms with van der Waals surface area (Å²) in [5, 5.41) is 17.9. The van der Waals surface area contributed by atoms with Crippen LogP contribution in [-0.2, 0) is 13.6 Å². The molecule has 8 nitrogen and oxygen atoms in total. The average molecular weight is 273 g/mol. The lowest BCUT2D eigenvalue weighted by molar-refractivity contribution is -0.384. The molecule has 0 saturated carbocycles. The van der Waals surface area contributed by atoms with Gasteiger partial charge in [0, 0.05) is 19.3 Å². The molecular formula is C12H11N5O3. The number of anilines is 1. The largest absolute Gasteiger partial charge is 0.423 e. The molecule has 2 aromatic heterocycles. The predicted molar refractivity (Wildman–Crippen MR) is 71.2 cm³/mol. The van der Waals surface area contributed by atoms with Crippen LogP contribution in [0.2, 0.25) is 0 Å². The Labute approximate surface area is 113 Å². The number of nitrogens with zero attached hydrogens (tertiary/aromatic N) is 4. The average Bonchev–Trinajstić information content (AvgIpc) is 3.00. The quantitative estimate of drug-likeness (QED) is 0.577. The number of oxazole rings is 1. The van der Waals surface area contributed by atoms with Crippen LogP contribution in [0.4, 0.5) is 11.7 Å². The summed E-state index contributed by atoms with van der Waals surface area (Å²) >= 11 is 0. The second-order valence-corrected chi connectivity index (χ2v) is 4.26. The number of aryl methyl sites for hydroxylation is 1. The smallest absolute Gasteiger partial charge is 0.296 e. The number of benzene rings is 1. The van der Waals surface area contributed by atoms with E-state index in [9.17, 15) is 10.1 Å². The molecule has 20 heavy (non-hydrogen) atoms. The molecular weight excluding hydrogens is 262 g/mol. The van der Waals surface area contributed by atoms with Crippen molar-refractivity contribution in [1.82, 2.24) is 14.8 Å². The monoisotopic (exact) mass is 273 g/mol. The van der Waals surface area contributed by atoms with Crippen LogP contribution < -0.4 is 5.32 Å². The summed E-state index contributed by atoms with van der Waals surface area (Å²) in [5.74, 6) is 0. The van der Waals surface area contributed by atoms with E-state index < -0.39 is 4.92 Å². The number of hydrogen-bond donors (Lipinski definition) is 1. The van der Waals surface area contributed by atoms with Crippen molar-refractivity contribution in [3.63, 3.8) is 0 Å². The zero-order chi connectivity index (χ0) is 14.1. The molecule has 0 saturated heterocycles. The van der Waals surface area contributed by atoms with Crippen molar-refractivity contribution >= 4 is 22.8 Å². The van der Waals surface area contributed by atoms with Gasteiger partial charge in [-0.25, -0.2) is 0 Å². The maximum Gasteiger partial charge on any atom is 0.296 e. The Kier molecular flexibility index (Phi) is 2.82. The number of nitro benzene ring substituents is 1. The van der Waals surface area contributed by atoms with Gasteiger partial charge >= 0.3 is 0 Å². The van der Waals surface area contributed by atoms with Crippen molar-refractivity contribution < 1.29 is 9.34 Å². The van der Waals surface area contributed by atoms with Gasteiger partial charge in [-0.2, -0.15) is 10.1 Å². The number of nitro groups is 1. The van der Waals surface area contributed by atoms with E-state index in [-0.39, 0.29) is 5.69 Å². The lowest BCUT2D eigenvalue weighted by Gasteiger charge is -1.96. The fourth-order valence-electron chi connectivity index (χ4n) is 1.83. The topological polar surface area (TPSA) is 99.0 Å². The minimum absolute atomic E-state index is 0.0232. The molecule has 102 valence electrons. The Morgan fingerprint density at radius 1 is 1.45 bits per heavy atom. The molecule has 1 aromatic carbocycles. The standard InChI is InChI=1S/C12H11N5O3/c1-16-5-4-8(15-16)7-13-12-14-10-3-2-9(17(18)19)6-11(10)20-12/h2-6H,7H2,1H3,(H,13,14). The lowest BCUT2D eigenvalue weighted by atomic mass is 10.3. The highest BCUT2D eigenvalue weighted by atomic mass is 16.6. The third kappa shape index (κ3) is 2.30. The van der Waals surface area contributed by atoms with Gasteiger partial charge < -0.3 is 9.73 Å². The third-order valence-electron chi connectivity index (χ3n) is 2.77. The van der Waals surface area contributed by atoms with Crippen LogP contribution in [0.15, 0.2) is 34.9 Å². The highest BCUT2D eigenvalue weighted by molar-refractivity contribution is 5.77. The summed E-state index contributed by atoms with van der Waals surface area (Å²) in [4.78, 5) is 14.4. The maximum absolute atomic E-state index is 10.7. The van der Waals surface area contributed by atoms with E-state index in [2.05, 4.69) is 15.4 Å². The molecule has 3 rings (SSSR count). The molecule has 0 amide bonds. The first-order valence-corrected chi connectivity index (χ1v) is 5.89. The van der Waals surface area contributed by atoms with Gasteiger partial charge in [0.15, 0.2) is 5.58 Å². The molecule has 0 unspecified atom stereocenters. The van der Waals surface area contributed by atoms with Crippen LogP contribution in [0.25, 0.3) is 11.1 Å². The van der Waals surface area contributed by atoms with Gasteiger partial charge in [0.05, 0.1) is 23.2 Å². The number of hydrogen-bond acceptors (Lipinski definition) is 6. The third-order valence-corrected chi connectivity index (χ3v) is 2.77. The van der Waals surface area contributed by atoms with Crippen LogP contribution in [0, 0.1) is 10.1 Å². The van der Waals surface area contributed by atoms with Crippen LogP contribution in [0.3, 0.4) is 0 Å². The van der Waals surface area contributed by atoms with E-state index >= 15 is 0 Å². The first kappa shape index (κ1) is 12.2. The van der Waals surface area contributed by atoms with E-state index in [1.54, 1.807) is 10.7 Å². The van der Waals surface area contributed by atoms with E-state index in [0.717, 1.165) is 5.69 Å². The van der Waals surface area contributed by atoms with Crippen molar-refractivity contribution in [2.24, 2.45) is 7.05 Å². The van der Waals surface area contributed by atoms with Crippen LogP contribution in [0.1, 0.15) is 5.69 Å². The van der Waals surface area contributed by atoms with Crippen LogP contribution in [-0.4, -0.2) is 19.7 Å². The predicted octanol–water partition coefficient (Wildman–Crippen LogP) is 2.08. The van der Waals surface area contributed by atoms with Gasteiger partial charge in [0.2, 0.25) is 0 Å². The molecule has 0 radical (unpaired) electrons. The summed E-state index contributed by atoms with van der Waals surface area (Å²) in [6, 6.07) is 6.50. The molecule has 0 bridgehead atoms. The first-order chi connectivity index (χ1) is 9.61. The summed E-state index contributed by atoms with van der Waals surface area (Å²) in [6.45, 7) is 0.468. The fourth-order valence-corrected chi connectivity index (χ4v) is 1.83. The summed E-state index contributed by atoms with van der Waals surface area (Å²) in [6.07, 6.45) is 1.84. The summed E-state index contributed by atoms with van der Waals surface area (Å²) < 4.78 is 7.13. The molecule has 0 aliphatic rings. The number of non-ortho nitro benzene ring substituents is 1. The molecule has 0 fully saturated rings. The van der Waals surface area contributed by atoms with Gasteiger partial charge in [-0.15, -0.1) is 0 Å². The highest BCUT2D eigenvalue weighted by Gasteiger charge is 2.11.